The smallest absolute Gasteiger partial charge is 0.341 e. The van der Waals surface area contributed by atoms with Gasteiger partial charge in [-0.15, -0.1) is 11.3 Å². The van der Waals surface area contributed by atoms with Crippen molar-refractivity contribution in [3.05, 3.63) is 29.4 Å². The van der Waals surface area contributed by atoms with Crippen LogP contribution in [0.3, 0.4) is 0 Å². The Kier molecular flexibility index (Phi) is 4.77. The second kappa shape index (κ2) is 6.41. The molecule has 2 aromatic rings. The van der Waals surface area contributed by atoms with Crippen LogP contribution in [0.2, 0.25) is 0 Å². The van der Waals surface area contributed by atoms with E-state index < -0.39 is 16.0 Å². The van der Waals surface area contributed by atoms with Crippen LogP contribution in [0.15, 0.2) is 28.0 Å². The number of hydrogen-bond acceptors (Lipinski definition) is 6. The number of hydrogen-bond donors (Lipinski definition) is 1. The lowest BCUT2D eigenvalue weighted by atomic mass is 10.3. The zero-order valence-corrected chi connectivity index (χ0v) is 14.0. The largest absolute Gasteiger partial charge is 0.494 e. The van der Waals surface area contributed by atoms with Crippen LogP contribution >= 0.6 is 11.3 Å². The Morgan fingerprint density at radius 1 is 1.41 bits per heavy atom. The number of sulfonamides is 1. The minimum Gasteiger partial charge on any atom is -0.494 e. The van der Waals surface area contributed by atoms with Crippen LogP contribution in [0.1, 0.15) is 17.3 Å². The molecule has 1 N–H and O–H groups in total. The minimum atomic E-state index is -3.85. The summed E-state index contributed by atoms with van der Waals surface area (Å²) in [7, 11) is -0.765. The van der Waals surface area contributed by atoms with Crippen LogP contribution in [0, 0.1) is 0 Å². The topological polar surface area (TPSA) is 86.6 Å². The molecule has 22 heavy (non-hydrogen) atoms. The quantitative estimate of drug-likeness (QED) is 0.811. The van der Waals surface area contributed by atoms with Crippen LogP contribution < -0.4 is 9.46 Å². The third-order valence-corrected chi connectivity index (χ3v) is 5.57. The molecule has 0 bridgehead atoms. The van der Waals surface area contributed by atoms with E-state index >= 15 is 0 Å². The molecule has 0 saturated carbocycles. The zero-order chi connectivity index (χ0) is 16.3. The summed E-state index contributed by atoms with van der Waals surface area (Å²) in [6.07, 6.45) is 3.01. The number of esters is 1. The van der Waals surface area contributed by atoms with Gasteiger partial charge in [-0.2, -0.15) is 0 Å². The maximum absolute atomic E-state index is 12.4. The second-order valence-corrected chi connectivity index (χ2v) is 7.15. The molecule has 0 atom stereocenters. The van der Waals surface area contributed by atoms with E-state index in [2.05, 4.69) is 4.72 Å². The molecule has 0 fully saturated rings. The normalized spacial score (nSPS) is 11.2. The van der Waals surface area contributed by atoms with Gasteiger partial charge >= 0.3 is 5.97 Å². The number of thiophene rings is 1. The Morgan fingerprint density at radius 2 is 2.14 bits per heavy atom. The molecule has 0 radical (unpaired) electrons. The van der Waals surface area contributed by atoms with E-state index in [1.165, 1.54) is 19.5 Å². The predicted octanol–water partition coefficient (Wildman–Crippen LogP) is 2.07. The van der Waals surface area contributed by atoms with Crippen molar-refractivity contribution >= 4 is 33.0 Å². The highest BCUT2D eigenvalue weighted by atomic mass is 32.2. The van der Waals surface area contributed by atoms with Gasteiger partial charge in [0.05, 0.1) is 19.4 Å². The Balaban J connectivity index is 2.36. The average Bonchev–Trinajstić information content (AvgIpc) is 3.05. The first-order chi connectivity index (χ1) is 10.4. The molecule has 0 unspecified atom stereocenters. The number of carbonyl (C=O) groups is 1. The zero-order valence-electron chi connectivity index (χ0n) is 12.3. The van der Waals surface area contributed by atoms with Gasteiger partial charge in [0.2, 0.25) is 0 Å². The molecule has 9 heteroatoms. The minimum absolute atomic E-state index is 0.0497. The summed E-state index contributed by atoms with van der Waals surface area (Å²) in [5.74, 6) is -0.329. The first-order valence-corrected chi connectivity index (χ1v) is 8.72. The molecule has 0 spiro atoms. The number of methoxy groups -OCH3 is 1. The molecular formula is C13H16N2O5S2. The number of ether oxygens (including phenoxy) is 2. The van der Waals surface area contributed by atoms with E-state index in [0.717, 1.165) is 11.3 Å². The van der Waals surface area contributed by atoms with Gasteiger partial charge in [-0.1, -0.05) is 0 Å². The van der Waals surface area contributed by atoms with Crippen molar-refractivity contribution in [3.8, 4) is 5.75 Å². The first kappa shape index (κ1) is 16.4. The molecule has 0 aliphatic heterocycles. The fraction of sp³-hybridized carbons (Fsp3) is 0.308. The Labute approximate surface area is 132 Å². The van der Waals surface area contributed by atoms with E-state index in [0.29, 0.717) is 0 Å². The molecule has 2 rings (SSSR count). The summed E-state index contributed by atoms with van der Waals surface area (Å²) < 4.78 is 38.9. The number of anilines is 1. The van der Waals surface area contributed by atoms with Gasteiger partial charge in [0, 0.05) is 19.4 Å². The van der Waals surface area contributed by atoms with Crippen molar-refractivity contribution in [1.82, 2.24) is 4.57 Å². The molecule has 0 amide bonds. The van der Waals surface area contributed by atoms with Gasteiger partial charge < -0.3 is 14.0 Å². The summed E-state index contributed by atoms with van der Waals surface area (Å²) in [5, 5.41) is 1.62. The molecule has 0 aliphatic carbocycles. The van der Waals surface area contributed by atoms with Gasteiger partial charge in [-0.25, -0.2) is 13.2 Å². The fourth-order valence-corrected chi connectivity index (χ4v) is 4.20. The highest BCUT2D eigenvalue weighted by Crippen LogP contribution is 2.32. The second-order valence-electron chi connectivity index (χ2n) is 4.35. The van der Waals surface area contributed by atoms with Crippen molar-refractivity contribution in [2.24, 2.45) is 7.05 Å². The van der Waals surface area contributed by atoms with Crippen LogP contribution in [0.4, 0.5) is 5.69 Å². The molecular weight excluding hydrogens is 328 g/mol. The van der Waals surface area contributed by atoms with Gasteiger partial charge in [0.1, 0.15) is 11.3 Å². The lowest BCUT2D eigenvalue weighted by Gasteiger charge is -2.08. The van der Waals surface area contributed by atoms with E-state index in [1.807, 2.05) is 0 Å². The standard InChI is InChI=1S/C13H16N2O5S2/c1-4-20-12(16)9-7-15(2)8-10(9)14-22(17,18)13-11(19-3)5-6-21-13/h5-8,14H,4H2,1-3H3. The third kappa shape index (κ3) is 3.25. The van der Waals surface area contributed by atoms with Gasteiger partial charge in [-0.3, -0.25) is 4.72 Å². The van der Waals surface area contributed by atoms with Crippen molar-refractivity contribution in [2.75, 3.05) is 18.4 Å². The maximum atomic E-state index is 12.4. The highest BCUT2D eigenvalue weighted by Gasteiger charge is 2.25. The van der Waals surface area contributed by atoms with Crippen LogP contribution in [0.5, 0.6) is 5.75 Å². The average molecular weight is 344 g/mol. The maximum Gasteiger partial charge on any atom is 0.341 e. The summed E-state index contributed by atoms with van der Waals surface area (Å²) in [4.78, 5) is 11.9. The van der Waals surface area contributed by atoms with Crippen LogP contribution in [-0.2, 0) is 21.8 Å². The van der Waals surface area contributed by atoms with E-state index in [4.69, 9.17) is 9.47 Å². The van der Waals surface area contributed by atoms with Gasteiger partial charge in [0.25, 0.3) is 10.0 Å². The molecule has 0 saturated heterocycles. The van der Waals surface area contributed by atoms with Gasteiger partial charge in [0.15, 0.2) is 4.21 Å². The van der Waals surface area contributed by atoms with E-state index in [-0.39, 0.29) is 27.8 Å². The van der Waals surface area contributed by atoms with E-state index in [1.54, 1.807) is 30.0 Å². The summed E-state index contributed by atoms with van der Waals surface area (Å²) in [5.41, 5.74) is 0.319. The number of nitrogens with zero attached hydrogens (tertiary/aromatic N) is 1. The van der Waals surface area contributed by atoms with Crippen LogP contribution in [-0.4, -0.2) is 32.7 Å². The third-order valence-electron chi connectivity index (χ3n) is 2.75. The van der Waals surface area contributed by atoms with Crippen molar-refractivity contribution in [3.63, 3.8) is 0 Å². The lowest BCUT2D eigenvalue weighted by molar-refractivity contribution is 0.0527. The summed E-state index contributed by atoms with van der Waals surface area (Å²) in [6.45, 7) is 1.89. The first-order valence-electron chi connectivity index (χ1n) is 6.36. The summed E-state index contributed by atoms with van der Waals surface area (Å²) >= 11 is 1.03. The Morgan fingerprint density at radius 3 is 2.77 bits per heavy atom. The lowest BCUT2D eigenvalue weighted by Crippen LogP contribution is -2.15. The molecule has 7 nitrogen and oxygen atoms in total. The molecule has 120 valence electrons. The van der Waals surface area contributed by atoms with Crippen molar-refractivity contribution < 1.29 is 22.7 Å². The van der Waals surface area contributed by atoms with Gasteiger partial charge in [-0.05, 0) is 18.4 Å². The SMILES string of the molecule is CCOC(=O)c1cn(C)cc1NS(=O)(=O)c1sccc1OC. The molecule has 2 aromatic heterocycles. The number of nitrogens with one attached hydrogen (secondary N) is 1. The molecule has 0 aromatic carbocycles. The van der Waals surface area contributed by atoms with E-state index in [9.17, 15) is 13.2 Å². The monoisotopic (exact) mass is 344 g/mol. The van der Waals surface area contributed by atoms with Crippen LogP contribution in [0.25, 0.3) is 0 Å². The summed E-state index contributed by atoms with van der Waals surface area (Å²) in [6, 6.07) is 1.57. The number of aryl methyl sites for hydroxylation is 1. The predicted molar refractivity (Wildman–Crippen MR) is 83.0 cm³/mol. The Bertz CT molecular complexity index is 776. The number of aromatic nitrogens is 1. The Hall–Kier alpha value is -2.00. The number of rotatable bonds is 6. The fourth-order valence-electron chi connectivity index (χ4n) is 1.86. The molecule has 2 heterocycles. The van der Waals surface area contributed by atoms with Crippen molar-refractivity contribution in [1.29, 1.82) is 0 Å². The molecule has 0 aliphatic rings. The highest BCUT2D eigenvalue weighted by molar-refractivity contribution is 7.94. The van der Waals surface area contributed by atoms with Crippen molar-refractivity contribution in [2.45, 2.75) is 11.1 Å². The number of carbonyl (C=O) groups excluding carboxylic acids is 1.